The van der Waals surface area contributed by atoms with E-state index < -0.39 is 0 Å². The van der Waals surface area contributed by atoms with Crippen LogP contribution in [-0.2, 0) is 11.2 Å². The average molecular weight is 357 g/mol. The van der Waals surface area contributed by atoms with Crippen molar-refractivity contribution in [2.75, 3.05) is 0 Å². The summed E-state index contributed by atoms with van der Waals surface area (Å²) in [4.78, 5) is 13.3. The summed E-state index contributed by atoms with van der Waals surface area (Å²) in [5.41, 5.74) is 4.20. The molecule has 27 heavy (non-hydrogen) atoms. The zero-order chi connectivity index (χ0) is 18.6. The van der Waals surface area contributed by atoms with Crippen molar-refractivity contribution in [1.82, 2.24) is 5.32 Å². The van der Waals surface area contributed by atoms with Gasteiger partial charge in [0.1, 0.15) is 5.75 Å². The van der Waals surface area contributed by atoms with Crippen molar-refractivity contribution in [3.8, 4) is 5.75 Å². The molecule has 0 fully saturated rings. The van der Waals surface area contributed by atoms with Gasteiger partial charge in [0.05, 0.1) is 12.0 Å². The van der Waals surface area contributed by atoms with Crippen LogP contribution in [0.15, 0.2) is 78.9 Å². The number of hydrogen-bond donors (Lipinski definition) is 2. The molecule has 3 aromatic rings. The van der Waals surface area contributed by atoms with Crippen LogP contribution < -0.4 is 5.32 Å². The standard InChI is InChI=1S/C24H23NO2/c26-20-15-14-17-12-7-13-22(21(17)16-20)25-24(27)23(18-8-3-1-4-9-18)19-10-5-2-6-11-19/h1-6,8-11,14-16,22-23,26H,7,12-13H2,(H,25,27). The Kier molecular flexibility index (Phi) is 4.93. The van der Waals surface area contributed by atoms with Gasteiger partial charge in [-0.2, -0.15) is 0 Å². The second-order valence-corrected chi connectivity index (χ2v) is 7.09. The molecule has 0 saturated carbocycles. The van der Waals surface area contributed by atoms with E-state index in [0.717, 1.165) is 36.0 Å². The Morgan fingerprint density at radius 1 is 0.926 bits per heavy atom. The molecular formula is C24H23NO2. The topological polar surface area (TPSA) is 49.3 Å². The Morgan fingerprint density at radius 3 is 2.19 bits per heavy atom. The number of carbonyl (C=O) groups is 1. The summed E-state index contributed by atoms with van der Waals surface area (Å²) in [5.74, 6) is -0.110. The van der Waals surface area contributed by atoms with Gasteiger partial charge in [0.2, 0.25) is 5.91 Å². The largest absolute Gasteiger partial charge is 0.508 e. The Balaban J connectivity index is 1.65. The van der Waals surface area contributed by atoms with Gasteiger partial charge in [-0.15, -0.1) is 0 Å². The van der Waals surface area contributed by atoms with Gasteiger partial charge in [-0.3, -0.25) is 4.79 Å². The number of carbonyl (C=O) groups excluding carboxylic acids is 1. The predicted molar refractivity (Wildman–Crippen MR) is 107 cm³/mol. The molecule has 3 heteroatoms. The molecule has 1 aliphatic carbocycles. The maximum Gasteiger partial charge on any atom is 0.232 e. The van der Waals surface area contributed by atoms with Crippen LogP contribution in [0.3, 0.4) is 0 Å². The molecule has 4 rings (SSSR count). The molecule has 0 aromatic heterocycles. The first-order chi connectivity index (χ1) is 13.2. The van der Waals surface area contributed by atoms with Gasteiger partial charge in [0.25, 0.3) is 0 Å². The van der Waals surface area contributed by atoms with Crippen LogP contribution in [-0.4, -0.2) is 11.0 Å². The van der Waals surface area contributed by atoms with Gasteiger partial charge in [-0.25, -0.2) is 0 Å². The van der Waals surface area contributed by atoms with E-state index in [0.29, 0.717) is 0 Å². The maximum atomic E-state index is 13.3. The van der Waals surface area contributed by atoms with Gasteiger partial charge in [-0.1, -0.05) is 66.7 Å². The van der Waals surface area contributed by atoms with E-state index in [2.05, 4.69) is 5.32 Å². The highest BCUT2D eigenvalue weighted by atomic mass is 16.3. The van der Waals surface area contributed by atoms with Crippen LogP contribution >= 0.6 is 0 Å². The number of aromatic hydroxyl groups is 1. The fraction of sp³-hybridized carbons (Fsp3) is 0.208. The summed E-state index contributed by atoms with van der Waals surface area (Å²) >= 11 is 0. The van der Waals surface area contributed by atoms with E-state index in [1.54, 1.807) is 12.1 Å². The smallest absolute Gasteiger partial charge is 0.232 e. The molecule has 3 aromatic carbocycles. The normalized spacial score (nSPS) is 16.0. The molecule has 0 aliphatic heterocycles. The molecular weight excluding hydrogens is 334 g/mol. The number of phenols is 1. The summed E-state index contributed by atoms with van der Waals surface area (Å²) in [5, 5.41) is 13.1. The highest BCUT2D eigenvalue weighted by Gasteiger charge is 2.27. The number of fused-ring (bicyclic) bond motifs is 1. The van der Waals surface area contributed by atoms with E-state index in [9.17, 15) is 9.90 Å². The van der Waals surface area contributed by atoms with Gasteiger partial charge < -0.3 is 10.4 Å². The molecule has 0 saturated heterocycles. The van der Waals surface area contributed by atoms with E-state index in [1.807, 2.05) is 66.7 Å². The minimum absolute atomic E-state index is 0.00593. The minimum Gasteiger partial charge on any atom is -0.508 e. The number of hydrogen-bond acceptors (Lipinski definition) is 2. The first kappa shape index (κ1) is 17.3. The molecule has 1 aliphatic rings. The van der Waals surface area contributed by atoms with Crippen molar-refractivity contribution < 1.29 is 9.90 Å². The molecule has 1 unspecified atom stereocenters. The Hall–Kier alpha value is -3.07. The highest BCUT2D eigenvalue weighted by molar-refractivity contribution is 5.87. The lowest BCUT2D eigenvalue weighted by Gasteiger charge is -2.28. The van der Waals surface area contributed by atoms with E-state index in [-0.39, 0.29) is 23.6 Å². The van der Waals surface area contributed by atoms with Crippen LogP contribution in [0.4, 0.5) is 0 Å². The fourth-order valence-corrected chi connectivity index (χ4v) is 3.98. The van der Waals surface area contributed by atoms with Crippen molar-refractivity contribution in [2.24, 2.45) is 0 Å². The summed E-state index contributed by atoms with van der Waals surface area (Å²) in [7, 11) is 0. The number of phenolic OH excluding ortho intramolecular Hbond substituents is 1. The Morgan fingerprint density at radius 2 is 1.56 bits per heavy atom. The molecule has 2 N–H and O–H groups in total. The molecule has 0 radical (unpaired) electrons. The first-order valence-electron chi connectivity index (χ1n) is 9.44. The van der Waals surface area contributed by atoms with Crippen LogP contribution in [0.5, 0.6) is 5.75 Å². The molecule has 1 atom stereocenters. The van der Waals surface area contributed by atoms with Gasteiger partial charge in [0.15, 0.2) is 0 Å². The number of benzene rings is 3. The van der Waals surface area contributed by atoms with Crippen molar-refractivity contribution in [2.45, 2.75) is 31.2 Å². The third kappa shape index (κ3) is 3.72. The maximum absolute atomic E-state index is 13.3. The van der Waals surface area contributed by atoms with Crippen LogP contribution in [0.25, 0.3) is 0 Å². The van der Waals surface area contributed by atoms with Gasteiger partial charge in [-0.05, 0) is 53.6 Å². The highest BCUT2D eigenvalue weighted by Crippen LogP contribution is 2.33. The quantitative estimate of drug-likeness (QED) is 0.710. The number of aryl methyl sites for hydroxylation is 1. The second-order valence-electron chi connectivity index (χ2n) is 7.09. The zero-order valence-electron chi connectivity index (χ0n) is 15.1. The Bertz CT molecular complexity index is 882. The Labute approximate surface area is 159 Å². The monoisotopic (exact) mass is 357 g/mol. The molecule has 0 heterocycles. The van der Waals surface area contributed by atoms with Crippen molar-refractivity contribution in [3.63, 3.8) is 0 Å². The summed E-state index contributed by atoms with van der Waals surface area (Å²) in [6, 6.07) is 25.2. The van der Waals surface area contributed by atoms with Crippen molar-refractivity contribution in [3.05, 3.63) is 101 Å². The third-order valence-corrected chi connectivity index (χ3v) is 5.29. The molecule has 0 spiro atoms. The predicted octanol–water partition coefficient (Wildman–Crippen LogP) is 4.72. The molecule has 1 amide bonds. The van der Waals surface area contributed by atoms with Crippen LogP contribution in [0.2, 0.25) is 0 Å². The number of rotatable bonds is 4. The van der Waals surface area contributed by atoms with Crippen molar-refractivity contribution >= 4 is 5.91 Å². The molecule has 3 nitrogen and oxygen atoms in total. The third-order valence-electron chi connectivity index (χ3n) is 5.29. The summed E-state index contributed by atoms with van der Waals surface area (Å²) in [6.45, 7) is 0. The molecule has 136 valence electrons. The van der Waals surface area contributed by atoms with E-state index in [4.69, 9.17) is 0 Å². The van der Waals surface area contributed by atoms with Crippen molar-refractivity contribution in [1.29, 1.82) is 0 Å². The van der Waals surface area contributed by atoms with Gasteiger partial charge in [0, 0.05) is 0 Å². The van der Waals surface area contributed by atoms with Crippen LogP contribution in [0, 0.1) is 0 Å². The number of amides is 1. The van der Waals surface area contributed by atoms with E-state index >= 15 is 0 Å². The summed E-state index contributed by atoms with van der Waals surface area (Å²) in [6.07, 6.45) is 2.91. The number of nitrogens with one attached hydrogen (secondary N) is 1. The lowest BCUT2D eigenvalue weighted by atomic mass is 9.86. The lowest BCUT2D eigenvalue weighted by Crippen LogP contribution is -2.35. The van der Waals surface area contributed by atoms with E-state index in [1.165, 1.54) is 5.56 Å². The average Bonchev–Trinajstić information content (AvgIpc) is 2.70. The van der Waals surface area contributed by atoms with Crippen LogP contribution in [0.1, 0.15) is 47.1 Å². The fourth-order valence-electron chi connectivity index (χ4n) is 3.98. The summed E-state index contributed by atoms with van der Waals surface area (Å²) < 4.78 is 0. The lowest BCUT2D eigenvalue weighted by molar-refractivity contribution is -0.122. The zero-order valence-corrected chi connectivity index (χ0v) is 15.1. The SMILES string of the molecule is O=C(NC1CCCc2ccc(O)cc21)C(c1ccccc1)c1ccccc1. The second kappa shape index (κ2) is 7.67. The first-order valence-corrected chi connectivity index (χ1v) is 9.44. The minimum atomic E-state index is -0.352. The van der Waals surface area contributed by atoms with Gasteiger partial charge >= 0.3 is 0 Å². The molecule has 0 bridgehead atoms.